The van der Waals surface area contributed by atoms with Crippen LogP contribution in [0.1, 0.15) is 0 Å². The van der Waals surface area contributed by atoms with Crippen LogP contribution in [0, 0.1) is 0 Å². The van der Waals surface area contributed by atoms with Gasteiger partial charge in [0.1, 0.15) is 0 Å². The molecule has 0 fully saturated rings. The summed E-state index contributed by atoms with van der Waals surface area (Å²) in [5.41, 5.74) is 8.01. The van der Waals surface area contributed by atoms with Gasteiger partial charge in [-0.15, -0.1) is 0 Å². The van der Waals surface area contributed by atoms with Gasteiger partial charge in [0.15, 0.2) is 0 Å². The molecule has 1 heterocycles. The van der Waals surface area contributed by atoms with Crippen molar-refractivity contribution in [1.82, 2.24) is 4.98 Å². The predicted octanol–water partition coefficient (Wildman–Crippen LogP) is 11.3. The van der Waals surface area contributed by atoms with Crippen molar-refractivity contribution in [3.05, 3.63) is 170 Å². The number of nitrogens with zero attached hydrogens (tertiary/aromatic N) is 2. The lowest BCUT2D eigenvalue weighted by Gasteiger charge is -2.26. The van der Waals surface area contributed by atoms with Crippen molar-refractivity contribution in [3.63, 3.8) is 0 Å². The van der Waals surface area contributed by atoms with Crippen LogP contribution in [0.5, 0.6) is 0 Å². The van der Waals surface area contributed by atoms with Crippen molar-refractivity contribution in [1.29, 1.82) is 0 Å². The Morgan fingerprint density at radius 3 is 1.47 bits per heavy atom. The number of anilines is 3. The summed E-state index contributed by atoms with van der Waals surface area (Å²) < 4.78 is 0. The first-order valence-corrected chi connectivity index (χ1v) is 14.6. The first kappa shape index (κ1) is 25.0. The predicted molar refractivity (Wildman–Crippen MR) is 182 cm³/mol. The van der Waals surface area contributed by atoms with Crippen LogP contribution in [0.15, 0.2) is 170 Å². The van der Waals surface area contributed by atoms with Crippen molar-refractivity contribution in [3.8, 4) is 22.3 Å². The van der Waals surface area contributed by atoms with Gasteiger partial charge in [0, 0.05) is 23.1 Å². The van der Waals surface area contributed by atoms with E-state index in [1.54, 1.807) is 0 Å². The smallest absolute Gasteiger partial charge is 0.0651 e. The van der Waals surface area contributed by atoms with E-state index in [4.69, 9.17) is 4.98 Å². The number of fused-ring (bicyclic) bond motifs is 3. The maximum Gasteiger partial charge on any atom is 0.0651 e. The average Bonchev–Trinajstić information content (AvgIpc) is 3.08. The highest BCUT2D eigenvalue weighted by molar-refractivity contribution is 6.23. The average molecular weight is 549 g/mol. The van der Waals surface area contributed by atoms with Gasteiger partial charge in [-0.3, -0.25) is 4.98 Å². The summed E-state index contributed by atoms with van der Waals surface area (Å²) >= 11 is 0. The molecule has 8 aromatic rings. The molecule has 1 aromatic heterocycles. The van der Waals surface area contributed by atoms with E-state index in [9.17, 15) is 0 Å². The van der Waals surface area contributed by atoms with E-state index in [0.29, 0.717) is 0 Å². The van der Waals surface area contributed by atoms with Crippen LogP contribution in [0.2, 0.25) is 0 Å². The zero-order chi connectivity index (χ0) is 28.6. The molecule has 8 rings (SSSR count). The molecule has 0 saturated heterocycles. The van der Waals surface area contributed by atoms with Gasteiger partial charge in [-0.05, 0) is 79.3 Å². The highest BCUT2D eigenvalue weighted by atomic mass is 15.1. The van der Waals surface area contributed by atoms with E-state index in [-0.39, 0.29) is 0 Å². The van der Waals surface area contributed by atoms with Gasteiger partial charge in [0.25, 0.3) is 0 Å². The Labute approximate surface area is 251 Å². The van der Waals surface area contributed by atoms with E-state index in [1.807, 2.05) is 12.4 Å². The topological polar surface area (TPSA) is 16.1 Å². The lowest BCUT2D eigenvalue weighted by molar-refractivity contribution is 1.23. The zero-order valence-electron chi connectivity index (χ0n) is 23.6. The lowest BCUT2D eigenvalue weighted by atomic mass is 9.85. The molecule has 0 spiro atoms. The molecule has 0 N–H and O–H groups in total. The molecule has 0 bridgehead atoms. The van der Waals surface area contributed by atoms with Gasteiger partial charge in [0.05, 0.1) is 11.9 Å². The number of benzene rings is 7. The molecule has 2 nitrogen and oxygen atoms in total. The SMILES string of the molecule is c1ccc(N(c2ccccc2)c2cncc(-c3c4ccccc4c(-c4cccc5ccccc45)c4ccccc34)c2)cc1. The van der Waals surface area contributed by atoms with Crippen LogP contribution in [-0.4, -0.2) is 4.98 Å². The van der Waals surface area contributed by atoms with Crippen LogP contribution in [0.3, 0.4) is 0 Å². The molecule has 202 valence electrons. The first-order chi connectivity index (χ1) is 21.4. The minimum absolute atomic E-state index is 1.01. The van der Waals surface area contributed by atoms with E-state index in [1.165, 1.54) is 49.0 Å². The molecule has 0 aliphatic rings. The molecular formula is C41H28N2. The van der Waals surface area contributed by atoms with Crippen LogP contribution >= 0.6 is 0 Å². The van der Waals surface area contributed by atoms with Crippen LogP contribution < -0.4 is 4.90 Å². The van der Waals surface area contributed by atoms with Crippen LogP contribution in [0.25, 0.3) is 54.6 Å². The van der Waals surface area contributed by atoms with Gasteiger partial charge in [-0.1, -0.05) is 127 Å². The second-order valence-electron chi connectivity index (χ2n) is 10.8. The first-order valence-electron chi connectivity index (χ1n) is 14.6. The summed E-state index contributed by atoms with van der Waals surface area (Å²) in [6, 6.07) is 56.2. The van der Waals surface area contributed by atoms with Gasteiger partial charge in [-0.2, -0.15) is 0 Å². The normalized spacial score (nSPS) is 11.3. The maximum absolute atomic E-state index is 4.83. The fourth-order valence-electron chi connectivity index (χ4n) is 6.46. The summed E-state index contributed by atoms with van der Waals surface area (Å²) in [6.45, 7) is 0. The number of rotatable bonds is 5. The molecular weight excluding hydrogens is 520 g/mol. The molecule has 7 aromatic carbocycles. The number of para-hydroxylation sites is 2. The second kappa shape index (κ2) is 10.6. The monoisotopic (exact) mass is 548 g/mol. The Balaban J connectivity index is 1.41. The van der Waals surface area contributed by atoms with Crippen molar-refractivity contribution in [2.75, 3.05) is 4.90 Å². The number of hydrogen-bond donors (Lipinski definition) is 0. The summed E-state index contributed by atoms with van der Waals surface area (Å²) in [5.74, 6) is 0. The third-order valence-corrected chi connectivity index (χ3v) is 8.29. The zero-order valence-corrected chi connectivity index (χ0v) is 23.6. The Kier molecular flexibility index (Phi) is 6.16. The van der Waals surface area contributed by atoms with Gasteiger partial charge in [0.2, 0.25) is 0 Å². The van der Waals surface area contributed by atoms with E-state index in [2.05, 4.69) is 163 Å². The summed E-state index contributed by atoms with van der Waals surface area (Å²) in [6.07, 6.45) is 3.96. The standard InChI is InChI=1S/C41H28N2/c1-3-16-31(17-4-1)43(32-18-5-2-6-19-32)33-26-30(27-42-28-33)40-36-21-9-11-23-38(36)41(39-24-12-10-22-37(39)40)35-25-13-15-29-14-7-8-20-34(29)35/h1-28H. The lowest BCUT2D eigenvalue weighted by Crippen LogP contribution is -2.10. The number of hydrogen-bond acceptors (Lipinski definition) is 2. The quantitative estimate of drug-likeness (QED) is 0.199. The Bertz CT molecular complexity index is 2140. The van der Waals surface area contributed by atoms with E-state index < -0.39 is 0 Å². The maximum atomic E-state index is 4.83. The molecule has 0 atom stereocenters. The number of pyridine rings is 1. The van der Waals surface area contributed by atoms with E-state index in [0.717, 1.165) is 22.6 Å². The van der Waals surface area contributed by atoms with Crippen molar-refractivity contribution >= 4 is 49.4 Å². The molecule has 0 aliphatic carbocycles. The van der Waals surface area contributed by atoms with Crippen molar-refractivity contribution < 1.29 is 0 Å². The van der Waals surface area contributed by atoms with Gasteiger partial charge < -0.3 is 4.90 Å². The van der Waals surface area contributed by atoms with Crippen molar-refractivity contribution in [2.45, 2.75) is 0 Å². The Morgan fingerprint density at radius 2 is 0.860 bits per heavy atom. The molecule has 0 unspecified atom stereocenters. The highest BCUT2D eigenvalue weighted by Gasteiger charge is 2.19. The Hall–Kier alpha value is -5.73. The molecule has 2 heteroatoms. The van der Waals surface area contributed by atoms with Crippen LogP contribution in [0.4, 0.5) is 17.1 Å². The molecule has 0 radical (unpaired) electrons. The minimum atomic E-state index is 1.01. The largest absolute Gasteiger partial charge is 0.309 e. The van der Waals surface area contributed by atoms with Gasteiger partial charge >= 0.3 is 0 Å². The summed E-state index contributed by atoms with van der Waals surface area (Å²) in [4.78, 5) is 7.10. The molecule has 0 amide bonds. The number of aromatic nitrogens is 1. The fraction of sp³-hybridized carbons (Fsp3) is 0. The molecule has 43 heavy (non-hydrogen) atoms. The van der Waals surface area contributed by atoms with Crippen LogP contribution in [-0.2, 0) is 0 Å². The summed E-state index contributed by atoms with van der Waals surface area (Å²) in [7, 11) is 0. The summed E-state index contributed by atoms with van der Waals surface area (Å²) in [5, 5.41) is 7.42. The minimum Gasteiger partial charge on any atom is -0.309 e. The third kappa shape index (κ3) is 4.32. The second-order valence-corrected chi connectivity index (χ2v) is 10.8. The van der Waals surface area contributed by atoms with Crippen molar-refractivity contribution in [2.24, 2.45) is 0 Å². The highest BCUT2D eigenvalue weighted by Crippen LogP contribution is 2.46. The Morgan fingerprint density at radius 1 is 0.372 bits per heavy atom. The fourth-order valence-corrected chi connectivity index (χ4v) is 6.46. The molecule has 0 aliphatic heterocycles. The third-order valence-electron chi connectivity index (χ3n) is 8.29. The van der Waals surface area contributed by atoms with Gasteiger partial charge in [-0.25, -0.2) is 0 Å². The van der Waals surface area contributed by atoms with E-state index >= 15 is 0 Å². The molecule has 0 saturated carbocycles.